The van der Waals surface area contributed by atoms with Crippen molar-refractivity contribution in [3.05, 3.63) is 151 Å². The highest BCUT2D eigenvalue weighted by Crippen LogP contribution is 2.17. The number of halogens is 1. The van der Waals surface area contributed by atoms with Gasteiger partial charge < -0.3 is 0 Å². The van der Waals surface area contributed by atoms with Gasteiger partial charge in [0.2, 0.25) is 0 Å². The standard InChI is InChI=1S/C31H26ClN3O4/c32-26-15-16-27-28(19-26)35(31(38)34(30(27)37)18-17-22-7-3-1-4-8-22)20-23-11-13-25(14-12-23)29(36)33-39-21-24-9-5-2-6-10-24/h1-16,19H,17-18,20-21H2,(H,33,36). The molecule has 5 aromatic rings. The van der Waals surface area contributed by atoms with Gasteiger partial charge in [-0.05, 0) is 53.4 Å². The number of fused-ring (bicyclic) bond motifs is 1. The molecule has 1 aromatic heterocycles. The summed E-state index contributed by atoms with van der Waals surface area (Å²) in [5.41, 5.74) is 5.33. The van der Waals surface area contributed by atoms with Gasteiger partial charge in [-0.15, -0.1) is 0 Å². The first-order valence-corrected chi connectivity index (χ1v) is 12.9. The molecule has 5 rings (SSSR count). The van der Waals surface area contributed by atoms with Gasteiger partial charge in [-0.2, -0.15) is 0 Å². The highest BCUT2D eigenvalue weighted by molar-refractivity contribution is 6.31. The van der Waals surface area contributed by atoms with E-state index in [1.165, 1.54) is 4.57 Å². The lowest BCUT2D eigenvalue weighted by molar-refractivity contribution is 0.0233. The van der Waals surface area contributed by atoms with Crippen LogP contribution in [0, 0.1) is 0 Å². The number of amides is 1. The Labute approximate surface area is 229 Å². The lowest BCUT2D eigenvalue weighted by Crippen LogP contribution is -2.40. The third kappa shape index (κ3) is 6.17. The lowest BCUT2D eigenvalue weighted by atomic mass is 10.1. The van der Waals surface area contributed by atoms with Gasteiger partial charge in [-0.3, -0.25) is 23.6 Å². The highest BCUT2D eigenvalue weighted by Gasteiger charge is 2.15. The molecule has 8 heteroatoms. The summed E-state index contributed by atoms with van der Waals surface area (Å²) in [5.74, 6) is -0.374. The molecule has 196 valence electrons. The Morgan fingerprint density at radius 3 is 2.13 bits per heavy atom. The van der Waals surface area contributed by atoms with Crippen LogP contribution in [0.1, 0.15) is 27.0 Å². The summed E-state index contributed by atoms with van der Waals surface area (Å²) in [6.45, 7) is 0.708. The molecule has 4 aromatic carbocycles. The van der Waals surface area contributed by atoms with E-state index in [1.54, 1.807) is 47.0 Å². The Morgan fingerprint density at radius 1 is 0.769 bits per heavy atom. The second-order valence-electron chi connectivity index (χ2n) is 9.12. The van der Waals surface area contributed by atoms with Gasteiger partial charge in [0.05, 0.1) is 24.1 Å². The Hall–Kier alpha value is -4.46. The van der Waals surface area contributed by atoms with Crippen molar-refractivity contribution in [3.63, 3.8) is 0 Å². The summed E-state index contributed by atoms with van der Waals surface area (Å²) in [6, 6.07) is 31.1. The first kappa shape index (κ1) is 26.2. The average molecular weight is 540 g/mol. The fraction of sp³-hybridized carbons (Fsp3) is 0.129. The highest BCUT2D eigenvalue weighted by atomic mass is 35.5. The number of benzene rings is 4. The van der Waals surface area contributed by atoms with Crippen LogP contribution in [-0.2, 0) is 31.0 Å². The van der Waals surface area contributed by atoms with Crippen molar-refractivity contribution >= 4 is 28.4 Å². The van der Waals surface area contributed by atoms with Gasteiger partial charge in [0.1, 0.15) is 0 Å². The Balaban J connectivity index is 1.37. The van der Waals surface area contributed by atoms with Crippen molar-refractivity contribution in [3.8, 4) is 0 Å². The summed E-state index contributed by atoms with van der Waals surface area (Å²) in [7, 11) is 0. The molecular weight excluding hydrogens is 514 g/mol. The van der Waals surface area contributed by atoms with E-state index in [4.69, 9.17) is 16.4 Å². The zero-order valence-corrected chi connectivity index (χ0v) is 21.8. The van der Waals surface area contributed by atoms with E-state index in [9.17, 15) is 14.4 Å². The van der Waals surface area contributed by atoms with Crippen molar-refractivity contribution in [2.75, 3.05) is 0 Å². The van der Waals surface area contributed by atoms with Crippen molar-refractivity contribution < 1.29 is 9.63 Å². The number of aryl methyl sites for hydroxylation is 1. The van der Waals surface area contributed by atoms with Crippen LogP contribution in [0.25, 0.3) is 10.9 Å². The van der Waals surface area contributed by atoms with Crippen molar-refractivity contribution in [1.29, 1.82) is 0 Å². The average Bonchev–Trinajstić information content (AvgIpc) is 2.96. The molecule has 0 spiro atoms. The number of carbonyl (C=O) groups excluding carboxylic acids is 1. The van der Waals surface area contributed by atoms with Gasteiger partial charge in [-0.1, -0.05) is 84.4 Å². The predicted molar refractivity (Wildman–Crippen MR) is 152 cm³/mol. The predicted octanol–water partition coefficient (Wildman–Crippen LogP) is 4.97. The van der Waals surface area contributed by atoms with Gasteiger partial charge in [0.25, 0.3) is 11.5 Å². The van der Waals surface area contributed by atoms with Crippen LogP contribution in [0.5, 0.6) is 0 Å². The maximum absolute atomic E-state index is 13.6. The minimum atomic E-state index is -0.415. The monoisotopic (exact) mass is 539 g/mol. The summed E-state index contributed by atoms with van der Waals surface area (Å²) in [5, 5.41) is 0.846. The molecule has 0 saturated carbocycles. The number of rotatable bonds is 9. The van der Waals surface area contributed by atoms with E-state index in [1.807, 2.05) is 60.7 Å². The van der Waals surface area contributed by atoms with E-state index >= 15 is 0 Å². The quantitative estimate of drug-likeness (QED) is 0.268. The number of hydroxylamine groups is 1. The van der Waals surface area contributed by atoms with E-state index in [2.05, 4.69) is 5.48 Å². The van der Waals surface area contributed by atoms with Gasteiger partial charge in [-0.25, -0.2) is 10.3 Å². The van der Waals surface area contributed by atoms with Crippen molar-refractivity contribution in [1.82, 2.24) is 14.6 Å². The molecule has 0 radical (unpaired) electrons. The molecule has 1 heterocycles. The zero-order chi connectivity index (χ0) is 27.2. The van der Waals surface area contributed by atoms with Crippen molar-refractivity contribution in [2.24, 2.45) is 0 Å². The van der Waals surface area contributed by atoms with E-state index in [0.717, 1.165) is 16.7 Å². The van der Waals surface area contributed by atoms with Gasteiger partial charge in [0, 0.05) is 17.1 Å². The molecule has 0 aliphatic heterocycles. The first-order valence-electron chi connectivity index (χ1n) is 12.5. The van der Waals surface area contributed by atoms with Crippen LogP contribution in [0.4, 0.5) is 0 Å². The number of hydrogen-bond donors (Lipinski definition) is 1. The van der Waals surface area contributed by atoms with Crippen LogP contribution in [0.2, 0.25) is 5.02 Å². The zero-order valence-electron chi connectivity index (χ0n) is 21.0. The lowest BCUT2D eigenvalue weighted by Gasteiger charge is -2.15. The van der Waals surface area contributed by atoms with Gasteiger partial charge >= 0.3 is 5.69 Å². The van der Waals surface area contributed by atoms with Crippen LogP contribution >= 0.6 is 11.6 Å². The second kappa shape index (κ2) is 11.9. The Kier molecular flexibility index (Phi) is 8.01. The number of carbonyl (C=O) groups is 1. The summed E-state index contributed by atoms with van der Waals surface area (Å²) in [4.78, 5) is 44.6. The van der Waals surface area contributed by atoms with Gasteiger partial charge in [0.15, 0.2) is 0 Å². The Morgan fingerprint density at radius 2 is 1.44 bits per heavy atom. The largest absolute Gasteiger partial charge is 0.331 e. The summed E-state index contributed by atoms with van der Waals surface area (Å²) >= 11 is 6.24. The summed E-state index contributed by atoms with van der Waals surface area (Å²) < 4.78 is 2.82. The van der Waals surface area contributed by atoms with Crippen LogP contribution in [-0.4, -0.2) is 15.0 Å². The molecule has 0 atom stereocenters. The minimum Gasteiger partial charge on any atom is -0.289 e. The first-order chi connectivity index (χ1) is 19.0. The fourth-order valence-corrected chi connectivity index (χ4v) is 4.55. The molecule has 1 amide bonds. The summed E-state index contributed by atoms with van der Waals surface area (Å²) in [6.07, 6.45) is 0.547. The Bertz CT molecular complexity index is 1710. The van der Waals surface area contributed by atoms with Crippen molar-refractivity contribution in [2.45, 2.75) is 26.1 Å². The topological polar surface area (TPSA) is 82.3 Å². The number of hydrogen-bond acceptors (Lipinski definition) is 4. The molecule has 0 aliphatic rings. The van der Waals surface area contributed by atoms with E-state index < -0.39 is 5.69 Å². The second-order valence-corrected chi connectivity index (χ2v) is 9.56. The van der Waals surface area contributed by atoms with Crippen LogP contribution < -0.4 is 16.7 Å². The minimum absolute atomic E-state index is 0.202. The van der Waals surface area contributed by atoms with E-state index in [-0.39, 0.29) is 31.2 Å². The normalized spacial score (nSPS) is 11.0. The third-order valence-corrected chi connectivity index (χ3v) is 6.69. The fourth-order valence-electron chi connectivity index (χ4n) is 4.39. The molecule has 7 nitrogen and oxygen atoms in total. The van der Waals surface area contributed by atoms with Crippen LogP contribution in [0.15, 0.2) is 113 Å². The number of nitrogens with one attached hydrogen (secondary N) is 1. The molecule has 39 heavy (non-hydrogen) atoms. The SMILES string of the molecule is O=C(NOCc1ccccc1)c1ccc(Cn2c(=O)n(CCc3ccccc3)c(=O)c3ccc(Cl)cc32)cc1. The molecular formula is C31H26ClN3O4. The molecule has 0 unspecified atom stereocenters. The molecule has 1 N–H and O–H groups in total. The molecule has 0 bridgehead atoms. The van der Waals surface area contributed by atoms with E-state index in [0.29, 0.717) is 27.9 Å². The molecule has 0 aliphatic carbocycles. The third-order valence-electron chi connectivity index (χ3n) is 6.46. The number of aromatic nitrogens is 2. The van der Waals surface area contributed by atoms with Crippen LogP contribution in [0.3, 0.4) is 0 Å². The smallest absolute Gasteiger partial charge is 0.289 e. The maximum Gasteiger partial charge on any atom is 0.331 e. The number of nitrogens with zero attached hydrogens (tertiary/aromatic N) is 2. The molecule has 0 saturated heterocycles. The maximum atomic E-state index is 13.6. The molecule has 0 fully saturated rings.